The van der Waals surface area contributed by atoms with Gasteiger partial charge in [-0.05, 0) is 43.5 Å². The van der Waals surface area contributed by atoms with Gasteiger partial charge in [0.05, 0.1) is 0 Å². The van der Waals surface area contributed by atoms with Crippen LogP contribution >= 0.6 is 0 Å². The quantitative estimate of drug-likeness (QED) is 0.843. The summed E-state index contributed by atoms with van der Waals surface area (Å²) in [7, 11) is 0. The molecule has 0 unspecified atom stereocenters. The number of hydrogen-bond donors (Lipinski definition) is 1. The standard InChI is InChI=1S/C13H20N2O/c14-8-11-16-13-6-4-12(5-7-13)15-9-2-1-3-10-15/h4-7H,1-3,8-11,14H2. The summed E-state index contributed by atoms with van der Waals surface area (Å²) >= 11 is 0. The number of ether oxygens (including phenoxy) is 1. The van der Waals surface area contributed by atoms with Gasteiger partial charge in [0.25, 0.3) is 0 Å². The normalized spacial score (nSPS) is 16.2. The van der Waals surface area contributed by atoms with Crippen LogP contribution in [0.3, 0.4) is 0 Å². The largest absolute Gasteiger partial charge is 0.492 e. The first-order chi connectivity index (χ1) is 7.90. The van der Waals surface area contributed by atoms with Gasteiger partial charge in [-0.3, -0.25) is 0 Å². The maximum atomic E-state index is 5.45. The molecule has 0 aromatic heterocycles. The Hall–Kier alpha value is -1.22. The third-order valence-electron chi connectivity index (χ3n) is 2.94. The Morgan fingerprint density at radius 2 is 1.75 bits per heavy atom. The molecule has 1 heterocycles. The maximum absolute atomic E-state index is 5.45. The minimum Gasteiger partial charge on any atom is -0.492 e. The number of benzene rings is 1. The van der Waals surface area contributed by atoms with E-state index in [0.717, 1.165) is 5.75 Å². The van der Waals surface area contributed by atoms with Gasteiger partial charge in [0.1, 0.15) is 12.4 Å². The molecule has 0 radical (unpaired) electrons. The molecule has 16 heavy (non-hydrogen) atoms. The molecule has 3 heteroatoms. The first kappa shape index (κ1) is 11.3. The van der Waals surface area contributed by atoms with E-state index in [0.29, 0.717) is 13.2 Å². The van der Waals surface area contributed by atoms with E-state index in [1.54, 1.807) is 0 Å². The zero-order valence-electron chi connectivity index (χ0n) is 9.69. The van der Waals surface area contributed by atoms with Gasteiger partial charge in [0, 0.05) is 25.3 Å². The highest BCUT2D eigenvalue weighted by Gasteiger charge is 2.10. The van der Waals surface area contributed by atoms with Crippen molar-refractivity contribution in [2.75, 3.05) is 31.1 Å². The molecule has 1 aliphatic rings. The molecule has 2 N–H and O–H groups in total. The van der Waals surface area contributed by atoms with Crippen molar-refractivity contribution in [3.05, 3.63) is 24.3 Å². The number of piperidine rings is 1. The highest BCUT2D eigenvalue weighted by molar-refractivity contribution is 5.49. The topological polar surface area (TPSA) is 38.5 Å². The van der Waals surface area contributed by atoms with E-state index >= 15 is 0 Å². The van der Waals surface area contributed by atoms with Crippen LogP contribution in [0.25, 0.3) is 0 Å². The van der Waals surface area contributed by atoms with Gasteiger partial charge in [0.15, 0.2) is 0 Å². The molecule has 2 rings (SSSR count). The van der Waals surface area contributed by atoms with Crippen LogP contribution < -0.4 is 15.4 Å². The Kier molecular flexibility index (Phi) is 4.05. The third kappa shape index (κ3) is 2.89. The molecule has 0 bridgehead atoms. The van der Waals surface area contributed by atoms with E-state index in [4.69, 9.17) is 10.5 Å². The average molecular weight is 220 g/mol. The lowest BCUT2D eigenvalue weighted by atomic mass is 10.1. The summed E-state index contributed by atoms with van der Waals surface area (Å²) in [6.45, 7) is 3.52. The van der Waals surface area contributed by atoms with Crippen LogP contribution in [0.2, 0.25) is 0 Å². The van der Waals surface area contributed by atoms with Crippen LogP contribution in [0, 0.1) is 0 Å². The summed E-state index contributed by atoms with van der Waals surface area (Å²) < 4.78 is 5.45. The molecule has 1 fully saturated rings. The molecular formula is C13H20N2O. The molecule has 0 amide bonds. The van der Waals surface area contributed by atoms with Gasteiger partial charge in [-0.25, -0.2) is 0 Å². The van der Waals surface area contributed by atoms with E-state index < -0.39 is 0 Å². The molecule has 88 valence electrons. The van der Waals surface area contributed by atoms with E-state index in [2.05, 4.69) is 17.0 Å². The van der Waals surface area contributed by atoms with Crippen molar-refractivity contribution < 1.29 is 4.74 Å². The van der Waals surface area contributed by atoms with Gasteiger partial charge >= 0.3 is 0 Å². The molecule has 1 saturated heterocycles. The fraction of sp³-hybridized carbons (Fsp3) is 0.538. The number of nitrogens with zero attached hydrogens (tertiary/aromatic N) is 1. The molecule has 1 aromatic carbocycles. The van der Waals surface area contributed by atoms with Crippen molar-refractivity contribution in [2.45, 2.75) is 19.3 Å². The molecule has 1 aromatic rings. The number of hydrogen-bond acceptors (Lipinski definition) is 3. The Bertz CT molecular complexity index is 304. The van der Waals surface area contributed by atoms with Crippen LogP contribution in [0.5, 0.6) is 5.75 Å². The Morgan fingerprint density at radius 3 is 2.38 bits per heavy atom. The number of nitrogens with two attached hydrogens (primary N) is 1. The average Bonchev–Trinajstić information content (AvgIpc) is 2.38. The van der Waals surface area contributed by atoms with Crippen LogP contribution in [0.4, 0.5) is 5.69 Å². The first-order valence-electron chi connectivity index (χ1n) is 6.08. The van der Waals surface area contributed by atoms with Crippen LogP contribution in [0.1, 0.15) is 19.3 Å². The van der Waals surface area contributed by atoms with Gasteiger partial charge in [-0.15, -0.1) is 0 Å². The lowest BCUT2D eigenvalue weighted by Gasteiger charge is -2.28. The smallest absolute Gasteiger partial charge is 0.119 e. The van der Waals surface area contributed by atoms with Gasteiger partial charge in [-0.2, -0.15) is 0 Å². The monoisotopic (exact) mass is 220 g/mol. The first-order valence-corrected chi connectivity index (χ1v) is 6.08. The molecule has 0 atom stereocenters. The molecule has 0 aliphatic carbocycles. The predicted octanol–water partition coefficient (Wildman–Crippen LogP) is 2.01. The summed E-state index contributed by atoms with van der Waals surface area (Å²) in [6, 6.07) is 8.33. The van der Waals surface area contributed by atoms with Crippen molar-refractivity contribution in [3.63, 3.8) is 0 Å². The maximum Gasteiger partial charge on any atom is 0.119 e. The van der Waals surface area contributed by atoms with Gasteiger partial charge in [-0.1, -0.05) is 0 Å². The number of anilines is 1. The van der Waals surface area contributed by atoms with E-state index in [9.17, 15) is 0 Å². The Labute approximate surface area is 97.2 Å². The van der Waals surface area contributed by atoms with Crippen molar-refractivity contribution in [2.24, 2.45) is 5.73 Å². The minimum atomic E-state index is 0.563. The van der Waals surface area contributed by atoms with Crippen molar-refractivity contribution in [3.8, 4) is 5.75 Å². The summed E-state index contributed by atoms with van der Waals surface area (Å²) in [5, 5.41) is 0. The molecule has 0 spiro atoms. The van der Waals surface area contributed by atoms with Gasteiger partial charge in [0.2, 0.25) is 0 Å². The van der Waals surface area contributed by atoms with Crippen molar-refractivity contribution in [1.82, 2.24) is 0 Å². The van der Waals surface area contributed by atoms with Crippen molar-refractivity contribution in [1.29, 1.82) is 0 Å². The molecular weight excluding hydrogens is 200 g/mol. The summed E-state index contributed by atoms with van der Waals surface area (Å²) in [5.74, 6) is 0.909. The lowest BCUT2D eigenvalue weighted by molar-refractivity contribution is 0.328. The van der Waals surface area contributed by atoms with E-state index in [1.165, 1.54) is 38.0 Å². The Balaban J connectivity index is 1.95. The zero-order valence-corrected chi connectivity index (χ0v) is 9.69. The summed E-state index contributed by atoms with van der Waals surface area (Å²) in [6.07, 6.45) is 3.99. The Morgan fingerprint density at radius 1 is 1.06 bits per heavy atom. The number of rotatable bonds is 4. The predicted molar refractivity (Wildman–Crippen MR) is 67.1 cm³/mol. The second kappa shape index (κ2) is 5.75. The van der Waals surface area contributed by atoms with Crippen LogP contribution in [-0.4, -0.2) is 26.2 Å². The van der Waals surface area contributed by atoms with Gasteiger partial charge < -0.3 is 15.4 Å². The highest BCUT2D eigenvalue weighted by atomic mass is 16.5. The third-order valence-corrected chi connectivity index (χ3v) is 2.94. The van der Waals surface area contributed by atoms with Crippen LogP contribution in [-0.2, 0) is 0 Å². The SMILES string of the molecule is NCCOc1ccc(N2CCCCC2)cc1. The van der Waals surface area contributed by atoms with Crippen molar-refractivity contribution >= 4 is 5.69 Å². The second-order valence-corrected chi connectivity index (χ2v) is 4.18. The van der Waals surface area contributed by atoms with Crippen LogP contribution in [0.15, 0.2) is 24.3 Å². The van der Waals surface area contributed by atoms with E-state index in [1.807, 2.05) is 12.1 Å². The zero-order chi connectivity index (χ0) is 11.2. The highest BCUT2D eigenvalue weighted by Crippen LogP contribution is 2.22. The molecule has 0 saturated carbocycles. The molecule has 3 nitrogen and oxygen atoms in total. The summed E-state index contributed by atoms with van der Waals surface area (Å²) in [4.78, 5) is 2.44. The second-order valence-electron chi connectivity index (χ2n) is 4.18. The summed E-state index contributed by atoms with van der Waals surface area (Å²) in [5.41, 5.74) is 6.70. The fourth-order valence-electron chi connectivity index (χ4n) is 2.08. The molecule has 1 aliphatic heterocycles. The van der Waals surface area contributed by atoms with E-state index in [-0.39, 0.29) is 0 Å². The fourth-order valence-corrected chi connectivity index (χ4v) is 2.08. The lowest BCUT2D eigenvalue weighted by Crippen LogP contribution is -2.29. The minimum absolute atomic E-state index is 0.563.